The molecule has 0 atom stereocenters. The maximum absolute atomic E-state index is 9.84. The number of hydrogen-bond acceptors (Lipinski definition) is 5. The number of aromatic hydroxyl groups is 2. The average molecular weight is 448 g/mol. The molecule has 5 nitrogen and oxygen atoms in total. The summed E-state index contributed by atoms with van der Waals surface area (Å²) < 4.78 is 11.6. The summed E-state index contributed by atoms with van der Waals surface area (Å²) in [5.41, 5.74) is 5.25. The van der Waals surface area contributed by atoms with Gasteiger partial charge in [0.05, 0.1) is 7.11 Å². The highest BCUT2D eigenvalue weighted by Crippen LogP contribution is 2.39. The molecule has 0 radical (unpaired) electrons. The SMILES string of the molecule is CCCC(=C(c1ccc(O)cc1)c1ccc(O)cc1)c1ccc(OC)c(OCCN(C)C)c1. The van der Waals surface area contributed by atoms with E-state index in [4.69, 9.17) is 9.47 Å². The van der Waals surface area contributed by atoms with E-state index in [1.807, 2.05) is 50.5 Å². The Bertz CT molecular complexity index is 1020. The van der Waals surface area contributed by atoms with Gasteiger partial charge in [-0.05, 0) is 84.8 Å². The van der Waals surface area contributed by atoms with Crippen molar-refractivity contribution in [3.8, 4) is 23.0 Å². The molecule has 33 heavy (non-hydrogen) atoms. The fourth-order valence-corrected chi connectivity index (χ4v) is 3.75. The van der Waals surface area contributed by atoms with E-state index >= 15 is 0 Å². The van der Waals surface area contributed by atoms with E-state index in [9.17, 15) is 10.2 Å². The summed E-state index contributed by atoms with van der Waals surface area (Å²) in [4.78, 5) is 2.08. The number of methoxy groups -OCH3 is 1. The van der Waals surface area contributed by atoms with Crippen LogP contribution in [0.1, 0.15) is 36.5 Å². The zero-order valence-electron chi connectivity index (χ0n) is 19.8. The molecule has 0 bridgehead atoms. The first-order chi connectivity index (χ1) is 15.9. The maximum Gasteiger partial charge on any atom is 0.161 e. The van der Waals surface area contributed by atoms with Crippen LogP contribution in [0.3, 0.4) is 0 Å². The molecule has 2 N–H and O–H groups in total. The van der Waals surface area contributed by atoms with Gasteiger partial charge in [0, 0.05) is 6.54 Å². The Hall–Kier alpha value is -3.44. The van der Waals surface area contributed by atoms with Crippen LogP contribution < -0.4 is 9.47 Å². The second-order valence-electron chi connectivity index (χ2n) is 8.21. The van der Waals surface area contributed by atoms with Gasteiger partial charge < -0.3 is 24.6 Å². The molecular weight excluding hydrogens is 414 g/mol. The van der Waals surface area contributed by atoms with Gasteiger partial charge in [-0.1, -0.05) is 43.7 Å². The molecule has 0 aliphatic rings. The lowest BCUT2D eigenvalue weighted by molar-refractivity contribution is 0.250. The number of hydrogen-bond donors (Lipinski definition) is 2. The van der Waals surface area contributed by atoms with Crippen molar-refractivity contribution in [2.24, 2.45) is 0 Å². The molecule has 0 unspecified atom stereocenters. The third-order valence-electron chi connectivity index (χ3n) is 5.42. The second-order valence-corrected chi connectivity index (χ2v) is 8.21. The molecule has 0 saturated carbocycles. The summed E-state index contributed by atoms with van der Waals surface area (Å²) in [7, 11) is 5.68. The number of ether oxygens (including phenoxy) is 2. The van der Waals surface area contributed by atoms with Crippen LogP contribution in [0, 0.1) is 0 Å². The molecule has 3 aromatic carbocycles. The summed E-state index contributed by atoms with van der Waals surface area (Å²) >= 11 is 0. The molecule has 0 aliphatic heterocycles. The van der Waals surface area contributed by atoms with Crippen LogP contribution in [0.15, 0.2) is 66.7 Å². The van der Waals surface area contributed by atoms with Gasteiger partial charge in [-0.25, -0.2) is 0 Å². The number of phenols is 2. The summed E-state index contributed by atoms with van der Waals surface area (Å²) in [5, 5.41) is 19.7. The Morgan fingerprint density at radius 2 is 1.33 bits per heavy atom. The lowest BCUT2D eigenvalue weighted by atomic mass is 9.87. The van der Waals surface area contributed by atoms with E-state index in [0.29, 0.717) is 18.1 Å². The highest BCUT2D eigenvalue weighted by atomic mass is 16.5. The molecule has 0 heterocycles. The van der Waals surface area contributed by atoms with Crippen molar-refractivity contribution in [1.82, 2.24) is 4.90 Å². The van der Waals surface area contributed by atoms with Crippen LogP contribution in [0.5, 0.6) is 23.0 Å². The monoisotopic (exact) mass is 447 g/mol. The van der Waals surface area contributed by atoms with E-state index in [-0.39, 0.29) is 11.5 Å². The Kier molecular flexibility index (Phi) is 8.39. The first-order valence-corrected chi connectivity index (χ1v) is 11.2. The average Bonchev–Trinajstić information content (AvgIpc) is 2.80. The molecule has 0 fully saturated rings. The third kappa shape index (κ3) is 6.30. The van der Waals surface area contributed by atoms with E-state index < -0.39 is 0 Å². The van der Waals surface area contributed by atoms with Gasteiger partial charge in [0.2, 0.25) is 0 Å². The van der Waals surface area contributed by atoms with E-state index in [1.165, 1.54) is 0 Å². The van der Waals surface area contributed by atoms with Crippen LogP contribution in [-0.2, 0) is 0 Å². The molecule has 0 spiro atoms. The zero-order valence-corrected chi connectivity index (χ0v) is 19.8. The van der Waals surface area contributed by atoms with Gasteiger partial charge in [0.15, 0.2) is 11.5 Å². The summed E-state index contributed by atoms with van der Waals surface area (Å²) in [6.45, 7) is 3.52. The number of rotatable bonds is 10. The van der Waals surface area contributed by atoms with Crippen LogP contribution in [0.2, 0.25) is 0 Å². The van der Waals surface area contributed by atoms with Gasteiger partial charge in [0.1, 0.15) is 18.1 Å². The Balaban J connectivity index is 2.18. The fraction of sp³-hybridized carbons (Fsp3) is 0.286. The van der Waals surface area contributed by atoms with Crippen molar-refractivity contribution in [1.29, 1.82) is 0 Å². The first kappa shape index (κ1) is 24.2. The van der Waals surface area contributed by atoms with E-state index in [0.717, 1.165) is 47.2 Å². The topological polar surface area (TPSA) is 62.2 Å². The molecule has 174 valence electrons. The summed E-state index contributed by atoms with van der Waals surface area (Å²) in [5.74, 6) is 1.86. The molecule has 0 saturated heterocycles. The maximum atomic E-state index is 9.84. The molecule has 0 amide bonds. The minimum absolute atomic E-state index is 0.224. The quantitative estimate of drug-likeness (QED) is 0.384. The predicted molar refractivity (Wildman–Crippen MR) is 134 cm³/mol. The van der Waals surface area contributed by atoms with Gasteiger partial charge >= 0.3 is 0 Å². The fourth-order valence-electron chi connectivity index (χ4n) is 3.75. The molecule has 3 aromatic rings. The molecular formula is C28H33NO4. The van der Waals surface area contributed by atoms with Crippen molar-refractivity contribution in [2.45, 2.75) is 19.8 Å². The van der Waals surface area contributed by atoms with Crippen LogP contribution in [0.4, 0.5) is 0 Å². The van der Waals surface area contributed by atoms with Crippen LogP contribution in [0.25, 0.3) is 11.1 Å². The molecule has 0 aliphatic carbocycles. The van der Waals surface area contributed by atoms with Crippen molar-refractivity contribution in [3.05, 3.63) is 83.4 Å². The minimum Gasteiger partial charge on any atom is -0.508 e. The van der Waals surface area contributed by atoms with Gasteiger partial charge in [-0.15, -0.1) is 0 Å². The van der Waals surface area contributed by atoms with Crippen molar-refractivity contribution >= 4 is 11.1 Å². The van der Waals surface area contributed by atoms with E-state index in [1.54, 1.807) is 31.4 Å². The van der Waals surface area contributed by atoms with Crippen molar-refractivity contribution < 1.29 is 19.7 Å². The molecule has 0 aromatic heterocycles. The molecule has 5 heteroatoms. The number of phenolic OH excluding ortho intramolecular Hbond substituents is 2. The van der Waals surface area contributed by atoms with E-state index in [2.05, 4.69) is 17.9 Å². The first-order valence-electron chi connectivity index (χ1n) is 11.2. The second kappa shape index (κ2) is 11.4. The Morgan fingerprint density at radius 1 is 0.788 bits per heavy atom. The van der Waals surface area contributed by atoms with Crippen molar-refractivity contribution in [2.75, 3.05) is 34.4 Å². The van der Waals surface area contributed by atoms with Crippen LogP contribution >= 0.6 is 0 Å². The lowest BCUT2D eigenvalue weighted by Gasteiger charge is -2.19. The van der Waals surface area contributed by atoms with Gasteiger partial charge in [0.25, 0.3) is 0 Å². The lowest BCUT2D eigenvalue weighted by Crippen LogP contribution is -2.19. The zero-order chi connectivity index (χ0) is 23.8. The van der Waals surface area contributed by atoms with Gasteiger partial charge in [-0.2, -0.15) is 0 Å². The largest absolute Gasteiger partial charge is 0.508 e. The summed E-state index contributed by atoms with van der Waals surface area (Å²) in [6.07, 6.45) is 1.80. The highest BCUT2D eigenvalue weighted by Gasteiger charge is 2.16. The number of likely N-dealkylation sites (N-methyl/N-ethyl adjacent to an activating group) is 1. The minimum atomic E-state index is 0.224. The summed E-state index contributed by atoms with van der Waals surface area (Å²) in [6, 6.07) is 20.5. The van der Waals surface area contributed by atoms with Gasteiger partial charge in [-0.3, -0.25) is 0 Å². The Morgan fingerprint density at radius 3 is 1.82 bits per heavy atom. The highest BCUT2D eigenvalue weighted by molar-refractivity contribution is 5.99. The van der Waals surface area contributed by atoms with Crippen LogP contribution in [-0.4, -0.2) is 49.5 Å². The standard InChI is InChI=1S/C28H33NO4/c1-5-6-25(22-11-16-26(32-4)27(19-22)33-18-17-29(2)3)28(20-7-12-23(30)13-8-20)21-9-14-24(31)15-10-21/h7-16,19,30-31H,5-6,17-18H2,1-4H3. The number of nitrogens with zero attached hydrogens (tertiary/aromatic N) is 1. The van der Waals surface area contributed by atoms with Crippen molar-refractivity contribution in [3.63, 3.8) is 0 Å². The normalized spacial score (nSPS) is 10.8. The molecule has 3 rings (SSSR count). The predicted octanol–water partition coefficient (Wildman–Crippen LogP) is 5.81. The Labute approximate surface area is 196 Å². The number of allylic oxidation sites excluding steroid dienone is 1. The smallest absolute Gasteiger partial charge is 0.161 e. The number of benzene rings is 3. The third-order valence-corrected chi connectivity index (χ3v) is 5.42.